The minimum absolute atomic E-state index is 0.0298. The van der Waals surface area contributed by atoms with Gasteiger partial charge < -0.3 is 9.26 Å². The van der Waals surface area contributed by atoms with E-state index in [9.17, 15) is 4.79 Å². The summed E-state index contributed by atoms with van der Waals surface area (Å²) in [6.07, 6.45) is 1.88. The number of esters is 1. The molecule has 0 saturated carbocycles. The van der Waals surface area contributed by atoms with Gasteiger partial charge in [0.2, 0.25) is 5.89 Å². The third-order valence-electron chi connectivity index (χ3n) is 3.95. The van der Waals surface area contributed by atoms with Crippen LogP contribution in [0.1, 0.15) is 64.2 Å². The van der Waals surface area contributed by atoms with E-state index in [1.165, 1.54) is 0 Å². The van der Waals surface area contributed by atoms with Crippen molar-refractivity contribution in [1.82, 2.24) is 15.0 Å². The molecule has 2 atom stereocenters. The average molecular weight is 295 g/mol. The molecule has 1 aliphatic heterocycles. The van der Waals surface area contributed by atoms with Crippen molar-refractivity contribution in [3.05, 3.63) is 11.7 Å². The minimum Gasteiger partial charge on any atom is -0.466 e. The monoisotopic (exact) mass is 295 g/mol. The van der Waals surface area contributed by atoms with Gasteiger partial charge in [-0.2, -0.15) is 4.98 Å². The van der Waals surface area contributed by atoms with Crippen molar-refractivity contribution in [3.8, 4) is 0 Å². The predicted molar refractivity (Wildman–Crippen MR) is 77.7 cm³/mol. The van der Waals surface area contributed by atoms with Gasteiger partial charge in [0.25, 0.3) is 0 Å². The van der Waals surface area contributed by atoms with Crippen molar-refractivity contribution < 1.29 is 14.1 Å². The maximum absolute atomic E-state index is 11.9. The molecule has 0 aliphatic carbocycles. The van der Waals surface area contributed by atoms with E-state index in [0.717, 1.165) is 25.2 Å². The van der Waals surface area contributed by atoms with Crippen molar-refractivity contribution in [1.29, 1.82) is 0 Å². The Morgan fingerprint density at radius 3 is 2.86 bits per heavy atom. The van der Waals surface area contributed by atoms with Crippen LogP contribution in [0.15, 0.2) is 4.52 Å². The van der Waals surface area contributed by atoms with Gasteiger partial charge in [-0.15, -0.1) is 0 Å². The van der Waals surface area contributed by atoms with Gasteiger partial charge in [-0.25, -0.2) is 0 Å². The Morgan fingerprint density at radius 2 is 2.24 bits per heavy atom. The van der Waals surface area contributed by atoms with Crippen molar-refractivity contribution in [2.24, 2.45) is 5.92 Å². The molecule has 2 heterocycles. The molecule has 2 rings (SSSR count). The highest BCUT2D eigenvalue weighted by Gasteiger charge is 2.31. The standard InChI is InChI=1S/C15H25N3O3/c1-5-20-15(19)12-7-6-8-18(9-12)11(4)14-16-13(10(2)3)17-21-14/h10-12H,5-9H2,1-4H3/t11-,12+/m0/s1. The molecular formula is C15H25N3O3. The fraction of sp³-hybridized carbons (Fsp3) is 0.800. The molecule has 0 radical (unpaired) electrons. The molecule has 6 nitrogen and oxygen atoms in total. The SMILES string of the molecule is CCOC(=O)[C@@H]1CCCN([C@@H](C)c2nc(C(C)C)no2)C1. The second-order valence-electron chi connectivity index (χ2n) is 5.91. The zero-order valence-corrected chi connectivity index (χ0v) is 13.3. The topological polar surface area (TPSA) is 68.5 Å². The first-order valence-electron chi connectivity index (χ1n) is 7.77. The smallest absolute Gasteiger partial charge is 0.310 e. The van der Waals surface area contributed by atoms with Gasteiger partial charge >= 0.3 is 5.97 Å². The van der Waals surface area contributed by atoms with E-state index in [4.69, 9.17) is 9.26 Å². The number of carbonyl (C=O) groups excluding carboxylic acids is 1. The zero-order valence-electron chi connectivity index (χ0n) is 13.3. The molecule has 0 unspecified atom stereocenters. The molecular weight excluding hydrogens is 270 g/mol. The first kappa shape index (κ1) is 15.9. The van der Waals surface area contributed by atoms with Crippen LogP contribution in [0.4, 0.5) is 0 Å². The van der Waals surface area contributed by atoms with E-state index in [2.05, 4.69) is 15.0 Å². The van der Waals surface area contributed by atoms with Crippen LogP contribution in [-0.4, -0.2) is 40.7 Å². The number of aromatic nitrogens is 2. The third-order valence-corrected chi connectivity index (χ3v) is 3.95. The number of piperidine rings is 1. The van der Waals surface area contributed by atoms with Crippen molar-refractivity contribution in [3.63, 3.8) is 0 Å². The van der Waals surface area contributed by atoms with Gasteiger partial charge in [0.15, 0.2) is 5.82 Å². The van der Waals surface area contributed by atoms with Gasteiger partial charge in [-0.3, -0.25) is 9.69 Å². The summed E-state index contributed by atoms with van der Waals surface area (Å²) in [6, 6.07) is 0.0298. The van der Waals surface area contributed by atoms with Crippen LogP contribution < -0.4 is 0 Å². The second-order valence-corrected chi connectivity index (χ2v) is 5.91. The first-order valence-corrected chi connectivity index (χ1v) is 7.77. The molecule has 0 amide bonds. The van der Waals surface area contributed by atoms with Crippen LogP contribution in [0.5, 0.6) is 0 Å². The number of hydrogen-bond donors (Lipinski definition) is 0. The number of rotatable bonds is 5. The number of nitrogens with zero attached hydrogens (tertiary/aromatic N) is 3. The van der Waals surface area contributed by atoms with Crippen LogP contribution in [-0.2, 0) is 9.53 Å². The Hall–Kier alpha value is -1.43. The summed E-state index contributed by atoms with van der Waals surface area (Å²) in [5.41, 5.74) is 0. The van der Waals surface area contributed by atoms with Crippen molar-refractivity contribution >= 4 is 5.97 Å². The molecule has 1 saturated heterocycles. The van der Waals surface area contributed by atoms with Crippen LogP contribution >= 0.6 is 0 Å². The fourth-order valence-electron chi connectivity index (χ4n) is 2.62. The number of carbonyl (C=O) groups is 1. The molecule has 0 N–H and O–H groups in total. The molecule has 1 fully saturated rings. The first-order chi connectivity index (χ1) is 10.0. The Balaban J connectivity index is 2.01. The lowest BCUT2D eigenvalue weighted by Gasteiger charge is -2.34. The van der Waals surface area contributed by atoms with Crippen molar-refractivity contribution in [2.75, 3.05) is 19.7 Å². The van der Waals surface area contributed by atoms with E-state index in [0.29, 0.717) is 19.0 Å². The quantitative estimate of drug-likeness (QED) is 0.778. The molecule has 0 spiro atoms. The van der Waals surface area contributed by atoms with E-state index < -0.39 is 0 Å². The van der Waals surface area contributed by atoms with Gasteiger partial charge in [0.05, 0.1) is 18.6 Å². The maximum Gasteiger partial charge on any atom is 0.310 e. The maximum atomic E-state index is 11.9. The fourth-order valence-corrected chi connectivity index (χ4v) is 2.62. The third kappa shape index (κ3) is 3.81. The number of ether oxygens (including phenoxy) is 1. The summed E-state index contributed by atoms with van der Waals surface area (Å²) in [6.45, 7) is 10.0. The molecule has 6 heteroatoms. The normalized spacial score (nSPS) is 21.5. The predicted octanol–water partition coefficient (Wildman–Crippen LogP) is 2.53. The van der Waals surface area contributed by atoms with E-state index in [1.54, 1.807) is 0 Å². The Kier molecular flexibility index (Phi) is 5.33. The summed E-state index contributed by atoms with van der Waals surface area (Å²) in [4.78, 5) is 18.6. The number of likely N-dealkylation sites (tertiary alicyclic amines) is 1. The summed E-state index contributed by atoms with van der Waals surface area (Å²) in [7, 11) is 0. The van der Waals surface area contributed by atoms with E-state index >= 15 is 0 Å². The lowest BCUT2D eigenvalue weighted by atomic mass is 9.97. The molecule has 0 aromatic carbocycles. The van der Waals surface area contributed by atoms with Gasteiger partial charge in [0.1, 0.15) is 0 Å². The largest absolute Gasteiger partial charge is 0.466 e. The van der Waals surface area contributed by atoms with E-state index in [-0.39, 0.29) is 23.8 Å². The van der Waals surface area contributed by atoms with Crippen LogP contribution in [0.3, 0.4) is 0 Å². The highest BCUT2D eigenvalue weighted by atomic mass is 16.5. The molecule has 21 heavy (non-hydrogen) atoms. The van der Waals surface area contributed by atoms with E-state index in [1.807, 2.05) is 27.7 Å². The van der Waals surface area contributed by atoms with Crippen LogP contribution in [0.25, 0.3) is 0 Å². The van der Waals surface area contributed by atoms with Gasteiger partial charge in [0, 0.05) is 12.5 Å². The molecule has 118 valence electrons. The molecule has 0 bridgehead atoms. The highest BCUT2D eigenvalue weighted by molar-refractivity contribution is 5.72. The summed E-state index contributed by atoms with van der Waals surface area (Å²) >= 11 is 0. The highest BCUT2D eigenvalue weighted by Crippen LogP contribution is 2.27. The van der Waals surface area contributed by atoms with Gasteiger partial charge in [-0.05, 0) is 33.2 Å². The Morgan fingerprint density at radius 1 is 1.48 bits per heavy atom. The Labute approximate surface area is 125 Å². The summed E-state index contributed by atoms with van der Waals surface area (Å²) in [5.74, 6) is 1.47. The summed E-state index contributed by atoms with van der Waals surface area (Å²) in [5, 5.41) is 4.01. The molecule has 1 aromatic rings. The lowest BCUT2D eigenvalue weighted by Crippen LogP contribution is -2.40. The van der Waals surface area contributed by atoms with Crippen LogP contribution in [0, 0.1) is 5.92 Å². The number of hydrogen-bond acceptors (Lipinski definition) is 6. The van der Waals surface area contributed by atoms with Crippen molar-refractivity contribution in [2.45, 2.75) is 52.5 Å². The molecule has 1 aromatic heterocycles. The average Bonchev–Trinajstić information content (AvgIpc) is 2.97. The lowest BCUT2D eigenvalue weighted by molar-refractivity contribution is -0.150. The van der Waals surface area contributed by atoms with Crippen LogP contribution in [0.2, 0.25) is 0 Å². The molecule has 1 aliphatic rings. The Bertz CT molecular complexity index is 472. The summed E-state index contributed by atoms with van der Waals surface area (Å²) < 4.78 is 10.5. The van der Waals surface area contributed by atoms with Gasteiger partial charge in [-0.1, -0.05) is 19.0 Å². The zero-order chi connectivity index (χ0) is 15.4. The minimum atomic E-state index is -0.0946. The second kappa shape index (κ2) is 7.02.